The van der Waals surface area contributed by atoms with Crippen LogP contribution in [-0.2, 0) is 0 Å². The molecule has 0 spiro atoms. The average molecular weight is 447 g/mol. The molecule has 0 atom stereocenters. The van der Waals surface area contributed by atoms with Crippen molar-refractivity contribution in [3.05, 3.63) is 145 Å². The zero-order valence-corrected chi connectivity index (χ0v) is 19.9. The van der Waals surface area contributed by atoms with Crippen LogP contribution in [-0.4, -0.2) is 0 Å². The van der Waals surface area contributed by atoms with Crippen molar-refractivity contribution in [2.45, 2.75) is 6.92 Å². The molecular formula is C35H26. The lowest BCUT2D eigenvalue weighted by atomic mass is 9.89. The Morgan fingerprint density at radius 3 is 1.66 bits per heavy atom. The van der Waals surface area contributed by atoms with E-state index in [2.05, 4.69) is 135 Å². The van der Waals surface area contributed by atoms with Crippen molar-refractivity contribution >= 4 is 43.5 Å². The number of hydrogen-bond acceptors (Lipinski definition) is 0. The first-order valence-corrected chi connectivity index (χ1v) is 12.0. The molecule has 0 nitrogen and oxygen atoms in total. The number of allylic oxidation sites excluding steroid dienone is 2. The SMILES string of the molecule is C=C(C(=C)c1ccccc1C)c1cccc(-c2ccc3c4ccccc4c4ccccc4c3c2)c1. The first-order chi connectivity index (χ1) is 17.1. The molecule has 0 saturated carbocycles. The van der Waals surface area contributed by atoms with Gasteiger partial charge in [-0.15, -0.1) is 0 Å². The van der Waals surface area contributed by atoms with Crippen LogP contribution in [0.1, 0.15) is 16.7 Å². The van der Waals surface area contributed by atoms with Gasteiger partial charge in [0.15, 0.2) is 0 Å². The largest absolute Gasteiger partial charge is 0.0906 e. The third-order valence-electron chi connectivity index (χ3n) is 7.12. The average Bonchev–Trinajstić information content (AvgIpc) is 2.92. The fourth-order valence-corrected chi connectivity index (χ4v) is 5.22. The molecule has 6 aromatic carbocycles. The van der Waals surface area contributed by atoms with Crippen molar-refractivity contribution in [2.24, 2.45) is 0 Å². The Morgan fingerprint density at radius 1 is 0.457 bits per heavy atom. The van der Waals surface area contributed by atoms with E-state index in [0.29, 0.717) is 0 Å². The first kappa shape index (κ1) is 21.1. The zero-order chi connectivity index (χ0) is 23.9. The van der Waals surface area contributed by atoms with Crippen molar-refractivity contribution in [1.82, 2.24) is 0 Å². The van der Waals surface area contributed by atoms with Gasteiger partial charge >= 0.3 is 0 Å². The lowest BCUT2D eigenvalue weighted by molar-refractivity contribution is 1.43. The predicted molar refractivity (Wildman–Crippen MR) is 154 cm³/mol. The van der Waals surface area contributed by atoms with E-state index in [4.69, 9.17) is 0 Å². The maximum atomic E-state index is 4.40. The van der Waals surface area contributed by atoms with E-state index in [1.165, 1.54) is 49.0 Å². The van der Waals surface area contributed by atoms with Crippen molar-refractivity contribution < 1.29 is 0 Å². The Balaban J connectivity index is 1.48. The van der Waals surface area contributed by atoms with Crippen LogP contribution in [0.25, 0.3) is 54.6 Å². The van der Waals surface area contributed by atoms with Gasteiger partial charge in [0, 0.05) is 0 Å². The van der Waals surface area contributed by atoms with Gasteiger partial charge in [0.2, 0.25) is 0 Å². The fraction of sp³-hybridized carbons (Fsp3) is 0.0286. The van der Waals surface area contributed by atoms with Gasteiger partial charge in [-0.2, -0.15) is 0 Å². The van der Waals surface area contributed by atoms with Crippen LogP contribution in [0.4, 0.5) is 0 Å². The number of rotatable bonds is 4. The smallest absolute Gasteiger partial charge is 0.00928 e. The topological polar surface area (TPSA) is 0 Å². The molecule has 0 radical (unpaired) electrons. The summed E-state index contributed by atoms with van der Waals surface area (Å²) in [4.78, 5) is 0. The van der Waals surface area contributed by atoms with E-state index < -0.39 is 0 Å². The third-order valence-corrected chi connectivity index (χ3v) is 7.12. The molecule has 0 unspecified atom stereocenters. The van der Waals surface area contributed by atoms with Crippen molar-refractivity contribution in [1.29, 1.82) is 0 Å². The molecule has 0 heterocycles. The summed E-state index contributed by atoms with van der Waals surface area (Å²) in [6, 6.07) is 41.3. The predicted octanol–water partition coefficient (Wildman–Crippen LogP) is 9.85. The Hall–Kier alpha value is -4.42. The van der Waals surface area contributed by atoms with Gasteiger partial charge in [-0.05, 0) is 90.3 Å². The summed E-state index contributed by atoms with van der Waals surface area (Å²) in [6.07, 6.45) is 0. The van der Waals surface area contributed by atoms with Gasteiger partial charge in [-0.1, -0.05) is 116 Å². The van der Waals surface area contributed by atoms with Gasteiger partial charge in [0.05, 0.1) is 0 Å². The summed E-state index contributed by atoms with van der Waals surface area (Å²) >= 11 is 0. The Morgan fingerprint density at radius 2 is 1.00 bits per heavy atom. The molecule has 0 N–H and O–H groups in total. The van der Waals surface area contributed by atoms with E-state index in [-0.39, 0.29) is 0 Å². The van der Waals surface area contributed by atoms with E-state index >= 15 is 0 Å². The molecule has 166 valence electrons. The summed E-state index contributed by atoms with van der Waals surface area (Å²) in [5.74, 6) is 0. The normalized spacial score (nSPS) is 11.2. The highest BCUT2D eigenvalue weighted by Gasteiger charge is 2.12. The molecule has 0 amide bonds. The molecule has 6 rings (SSSR count). The minimum absolute atomic E-state index is 0.957. The van der Waals surface area contributed by atoms with Crippen LogP contribution in [0.15, 0.2) is 128 Å². The van der Waals surface area contributed by atoms with E-state index in [9.17, 15) is 0 Å². The number of hydrogen-bond donors (Lipinski definition) is 0. The molecule has 6 aromatic rings. The summed E-state index contributed by atoms with van der Waals surface area (Å²) < 4.78 is 0. The van der Waals surface area contributed by atoms with Crippen LogP contribution < -0.4 is 0 Å². The molecule has 0 aliphatic carbocycles. The monoisotopic (exact) mass is 446 g/mol. The minimum Gasteiger partial charge on any atom is -0.0906 e. The second kappa shape index (κ2) is 8.42. The van der Waals surface area contributed by atoms with Crippen LogP contribution >= 0.6 is 0 Å². The maximum absolute atomic E-state index is 4.40. The molecule has 0 aliphatic heterocycles. The summed E-state index contributed by atoms with van der Waals surface area (Å²) in [5.41, 5.74) is 7.76. The number of benzene rings is 6. The van der Waals surface area contributed by atoms with Crippen LogP contribution in [0.2, 0.25) is 0 Å². The molecule has 0 aliphatic rings. The van der Waals surface area contributed by atoms with Gasteiger partial charge < -0.3 is 0 Å². The standard InChI is InChI=1S/C35H26/c1-23-11-4-5-14-29(23)25(3)24(2)26-12-10-13-27(21-26)28-19-20-34-32-17-7-6-15-30(32)31-16-8-9-18-33(31)35(34)22-28/h4-22H,2-3H2,1H3. The van der Waals surface area contributed by atoms with Gasteiger partial charge in [-0.25, -0.2) is 0 Å². The van der Waals surface area contributed by atoms with Gasteiger partial charge in [0.1, 0.15) is 0 Å². The number of fused-ring (bicyclic) bond motifs is 6. The van der Waals surface area contributed by atoms with Crippen LogP contribution in [0.5, 0.6) is 0 Å². The van der Waals surface area contributed by atoms with E-state index in [1.807, 2.05) is 0 Å². The second-order valence-electron chi connectivity index (χ2n) is 9.20. The molecule has 0 aromatic heterocycles. The van der Waals surface area contributed by atoms with E-state index in [1.54, 1.807) is 0 Å². The summed E-state index contributed by atoms with van der Waals surface area (Å²) in [6.45, 7) is 10.9. The molecule has 0 fully saturated rings. The summed E-state index contributed by atoms with van der Waals surface area (Å²) in [7, 11) is 0. The second-order valence-corrected chi connectivity index (χ2v) is 9.20. The zero-order valence-electron chi connectivity index (χ0n) is 19.9. The van der Waals surface area contributed by atoms with Gasteiger partial charge in [-0.3, -0.25) is 0 Å². The molecular weight excluding hydrogens is 420 g/mol. The van der Waals surface area contributed by atoms with Crippen molar-refractivity contribution in [3.8, 4) is 11.1 Å². The summed E-state index contributed by atoms with van der Waals surface area (Å²) in [5, 5.41) is 7.75. The molecule has 0 bridgehead atoms. The molecule has 0 saturated heterocycles. The lowest BCUT2D eigenvalue weighted by Gasteiger charge is -2.15. The fourth-order valence-electron chi connectivity index (χ4n) is 5.22. The highest BCUT2D eigenvalue weighted by atomic mass is 14.2. The first-order valence-electron chi connectivity index (χ1n) is 12.0. The van der Waals surface area contributed by atoms with E-state index in [0.717, 1.165) is 22.3 Å². The lowest BCUT2D eigenvalue weighted by Crippen LogP contribution is -1.92. The van der Waals surface area contributed by atoms with Crippen molar-refractivity contribution in [3.63, 3.8) is 0 Å². The minimum atomic E-state index is 0.957. The number of aryl methyl sites for hydroxylation is 1. The Labute approximate surface area is 206 Å². The quantitative estimate of drug-likeness (QED) is 0.187. The maximum Gasteiger partial charge on any atom is -0.00928 e. The Bertz CT molecular complexity index is 1750. The van der Waals surface area contributed by atoms with Crippen LogP contribution in [0, 0.1) is 6.92 Å². The highest BCUT2D eigenvalue weighted by molar-refractivity contribution is 6.25. The highest BCUT2D eigenvalue weighted by Crippen LogP contribution is 2.38. The molecule has 35 heavy (non-hydrogen) atoms. The van der Waals surface area contributed by atoms with Gasteiger partial charge in [0.25, 0.3) is 0 Å². The third kappa shape index (κ3) is 3.55. The Kier molecular flexibility index (Phi) is 5.08. The molecule has 0 heteroatoms. The van der Waals surface area contributed by atoms with Crippen molar-refractivity contribution in [2.75, 3.05) is 0 Å². The van der Waals surface area contributed by atoms with Crippen LogP contribution in [0.3, 0.4) is 0 Å².